The molecule has 0 atom stereocenters. The molecule has 1 aliphatic carbocycles. The van der Waals surface area contributed by atoms with Crippen molar-refractivity contribution in [2.45, 2.75) is 38.5 Å². The van der Waals surface area contributed by atoms with Crippen LogP contribution >= 0.6 is 0 Å². The van der Waals surface area contributed by atoms with E-state index in [4.69, 9.17) is 0 Å². The number of carbonyl (C=O) groups excluding carboxylic acids is 1. The summed E-state index contributed by atoms with van der Waals surface area (Å²) < 4.78 is 0. The van der Waals surface area contributed by atoms with E-state index in [1.54, 1.807) is 0 Å². The Kier molecular flexibility index (Phi) is 3.22. The van der Waals surface area contributed by atoms with Gasteiger partial charge in [-0.1, -0.05) is 38.1 Å². The van der Waals surface area contributed by atoms with Gasteiger partial charge < -0.3 is 4.90 Å². The van der Waals surface area contributed by atoms with Gasteiger partial charge in [0.25, 0.3) is 0 Å². The molecule has 1 fully saturated rings. The van der Waals surface area contributed by atoms with Gasteiger partial charge in [-0.05, 0) is 37.4 Å². The number of hydrogen-bond donors (Lipinski definition) is 0. The second-order valence-electron chi connectivity index (χ2n) is 6.41. The van der Waals surface area contributed by atoms with Gasteiger partial charge in [0, 0.05) is 23.9 Å². The van der Waals surface area contributed by atoms with Gasteiger partial charge in [0.2, 0.25) is 0 Å². The summed E-state index contributed by atoms with van der Waals surface area (Å²) in [6, 6.07) is 8.24. The van der Waals surface area contributed by atoms with E-state index in [0.29, 0.717) is 5.78 Å². The quantitative estimate of drug-likeness (QED) is 0.809. The third-order valence-electron chi connectivity index (χ3n) is 4.65. The lowest BCUT2D eigenvalue weighted by atomic mass is 9.73. The molecule has 101 valence electrons. The van der Waals surface area contributed by atoms with E-state index in [9.17, 15) is 4.79 Å². The Morgan fingerprint density at radius 1 is 1.21 bits per heavy atom. The number of rotatable bonds is 2. The number of carbonyl (C=O) groups is 1. The maximum absolute atomic E-state index is 12.2. The summed E-state index contributed by atoms with van der Waals surface area (Å²) in [6.45, 7) is 7.73. The molecule has 2 aliphatic rings. The van der Waals surface area contributed by atoms with E-state index in [0.717, 1.165) is 44.5 Å². The first-order valence-electron chi connectivity index (χ1n) is 7.25. The second kappa shape index (κ2) is 4.75. The zero-order chi connectivity index (χ0) is 13.5. The zero-order valence-electron chi connectivity index (χ0n) is 11.9. The fourth-order valence-electron chi connectivity index (χ4n) is 3.72. The van der Waals surface area contributed by atoms with Gasteiger partial charge in [-0.2, -0.15) is 0 Å². The van der Waals surface area contributed by atoms with Crippen LogP contribution in [0, 0.1) is 5.92 Å². The van der Waals surface area contributed by atoms with Gasteiger partial charge in [-0.15, -0.1) is 0 Å². The summed E-state index contributed by atoms with van der Waals surface area (Å²) in [6.07, 6.45) is 2.99. The van der Waals surface area contributed by atoms with Crippen molar-refractivity contribution in [2.75, 3.05) is 19.6 Å². The maximum atomic E-state index is 12.2. The minimum absolute atomic E-state index is 0.145. The summed E-state index contributed by atoms with van der Waals surface area (Å²) in [5, 5.41) is 0. The molecule has 1 spiro atoms. The van der Waals surface area contributed by atoms with Crippen LogP contribution in [-0.4, -0.2) is 30.3 Å². The summed E-state index contributed by atoms with van der Waals surface area (Å²) in [7, 11) is 0. The Labute approximate surface area is 115 Å². The van der Waals surface area contributed by atoms with Crippen molar-refractivity contribution in [2.24, 2.45) is 0 Å². The van der Waals surface area contributed by atoms with Crippen molar-refractivity contribution in [3.8, 4) is 0 Å². The molecule has 1 aromatic rings. The fraction of sp³-hybridized carbons (Fsp3) is 0.529. The average Bonchev–Trinajstić information content (AvgIpc) is 2.66. The van der Waals surface area contributed by atoms with Crippen LogP contribution in [0.1, 0.15) is 49.0 Å². The molecule has 3 rings (SSSR count). The van der Waals surface area contributed by atoms with Gasteiger partial charge in [-0.3, -0.25) is 4.79 Å². The van der Waals surface area contributed by atoms with E-state index >= 15 is 0 Å². The van der Waals surface area contributed by atoms with Crippen LogP contribution in [-0.2, 0) is 5.41 Å². The number of Topliss-reactive ketones (excluding diaryl/α,β-unsaturated/α-hetero) is 1. The normalized spacial score (nSPS) is 22.2. The molecule has 1 heterocycles. The van der Waals surface area contributed by atoms with E-state index in [-0.39, 0.29) is 5.41 Å². The molecule has 19 heavy (non-hydrogen) atoms. The van der Waals surface area contributed by atoms with E-state index in [1.807, 2.05) is 12.1 Å². The molecule has 1 radical (unpaired) electrons. The van der Waals surface area contributed by atoms with Crippen molar-refractivity contribution in [1.82, 2.24) is 4.90 Å². The van der Waals surface area contributed by atoms with Crippen LogP contribution in [0.4, 0.5) is 0 Å². The molecule has 0 N–H and O–H groups in total. The van der Waals surface area contributed by atoms with Crippen LogP contribution < -0.4 is 0 Å². The lowest BCUT2D eigenvalue weighted by Gasteiger charge is -2.40. The molecule has 2 nitrogen and oxygen atoms in total. The Bertz CT molecular complexity index is 484. The smallest absolute Gasteiger partial charge is 0.164 e. The van der Waals surface area contributed by atoms with Crippen LogP contribution in [0.25, 0.3) is 0 Å². The second-order valence-corrected chi connectivity index (χ2v) is 6.41. The van der Waals surface area contributed by atoms with Gasteiger partial charge in [0.1, 0.15) is 0 Å². The predicted molar refractivity (Wildman–Crippen MR) is 77.3 cm³/mol. The molecule has 0 saturated carbocycles. The number of benzene rings is 1. The first-order chi connectivity index (χ1) is 9.11. The lowest BCUT2D eigenvalue weighted by molar-refractivity contribution is 0.0937. The van der Waals surface area contributed by atoms with Crippen molar-refractivity contribution < 1.29 is 4.79 Å². The van der Waals surface area contributed by atoms with Crippen molar-refractivity contribution in [3.63, 3.8) is 0 Å². The molecular formula is C17H22NO. The molecular weight excluding hydrogens is 234 g/mol. The first kappa shape index (κ1) is 12.9. The predicted octanol–water partition coefficient (Wildman–Crippen LogP) is 3.22. The van der Waals surface area contributed by atoms with Crippen molar-refractivity contribution >= 4 is 5.78 Å². The highest BCUT2D eigenvalue weighted by Crippen LogP contribution is 2.46. The highest BCUT2D eigenvalue weighted by Gasteiger charge is 2.44. The molecule has 0 unspecified atom stereocenters. The zero-order valence-corrected chi connectivity index (χ0v) is 11.9. The largest absolute Gasteiger partial charge is 0.303 e. The minimum atomic E-state index is 0.145. The number of hydrogen-bond acceptors (Lipinski definition) is 2. The maximum Gasteiger partial charge on any atom is 0.164 e. The molecule has 1 saturated heterocycles. The summed E-state index contributed by atoms with van der Waals surface area (Å²) in [5.74, 6) is 1.82. The van der Waals surface area contributed by atoms with E-state index in [1.165, 1.54) is 11.5 Å². The van der Waals surface area contributed by atoms with Crippen molar-refractivity contribution in [1.29, 1.82) is 0 Å². The highest BCUT2D eigenvalue weighted by atomic mass is 16.1. The van der Waals surface area contributed by atoms with Crippen LogP contribution in [0.2, 0.25) is 0 Å². The highest BCUT2D eigenvalue weighted by molar-refractivity contribution is 6.02. The number of likely N-dealkylation sites (tertiary alicyclic amines) is 1. The summed E-state index contributed by atoms with van der Waals surface area (Å²) in [4.78, 5) is 14.7. The molecule has 1 aliphatic heterocycles. The number of fused-ring (bicyclic) bond motifs is 2. The topological polar surface area (TPSA) is 20.3 Å². The monoisotopic (exact) mass is 256 g/mol. The van der Waals surface area contributed by atoms with E-state index < -0.39 is 0 Å². The average molecular weight is 256 g/mol. The molecule has 0 bridgehead atoms. The number of nitrogens with zero attached hydrogens (tertiary/aromatic N) is 1. The van der Waals surface area contributed by atoms with Crippen LogP contribution in [0.5, 0.6) is 0 Å². The third kappa shape index (κ3) is 2.23. The number of piperidine rings is 1. The Balaban J connectivity index is 1.79. The van der Waals surface area contributed by atoms with Crippen LogP contribution in [0.15, 0.2) is 24.3 Å². The summed E-state index contributed by atoms with van der Waals surface area (Å²) in [5.41, 5.74) is 2.44. The molecule has 1 aromatic carbocycles. The standard InChI is InChI=1S/C17H22NO/c1-13(2)12-18-9-7-17(8-10-18)11-16(19)14-5-3-4-6-15(14)17/h3-6H,7-12H2,1-2H3. The van der Waals surface area contributed by atoms with Gasteiger partial charge in [0.15, 0.2) is 5.78 Å². The van der Waals surface area contributed by atoms with E-state index in [2.05, 4.69) is 30.9 Å². The third-order valence-corrected chi connectivity index (χ3v) is 4.65. The summed E-state index contributed by atoms with van der Waals surface area (Å²) >= 11 is 0. The lowest BCUT2D eigenvalue weighted by Crippen LogP contribution is -2.42. The first-order valence-corrected chi connectivity index (χ1v) is 7.25. The number of ketones is 1. The minimum Gasteiger partial charge on any atom is -0.303 e. The molecule has 0 aromatic heterocycles. The van der Waals surface area contributed by atoms with Crippen molar-refractivity contribution in [3.05, 3.63) is 41.3 Å². The molecule has 0 amide bonds. The fourth-order valence-corrected chi connectivity index (χ4v) is 3.72. The van der Waals surface area contributed by atoms with Gasteiger partial charge in [-0.25, -0.2) is 0 Å². The van der Waals surface area contributed by atoms with Crippen LogP contribution in [0.3, 0.4) is 0 Å². The Morgan fingerprint density at radius 2 is 1.89 bits per heavy atom. The SMILES string of the molecule is C[C](C)CN1CCC2(CC1)CC(=O)c1ccccc12. The van der Waals surface area contributed by atoms with Gasteiger partial charge in [0.05, 0.1) is 0 Å². The molecule has 2 heteroatoms. The van der Waals surface area contributed by atoms with Gasteiger partial charge >= 0.3 is 0 Å². The Morgan fingerprint density at radius 3 is 2.58 bits per heavy atom. The Hall–Kier alpha value is -1.15.